The van der Waals surface area contributed by atoms with Crippen molar-refractivity contribution in [3.8, 4) is 0 Å². The Morgan fingerprint density at radius 3 is 2.38 bits per heavy atom. The zero-order valence-electron chi connectivity index (χ0n) is 12.7. The van der Waals surface area contributed by atoms with Gasteiger partial charge in [0.25, 0.3) is 0 Å². The van der Waals surface area contributed by atoms with E-state index in [0.717, 1.165) is 0 Å². The first-order valence-electron chi connectivity index (χ1n) is 6.54. The van der Waals surface area contributed by atoms with Crippen LogP contribution in [0.3, 0.4) is 0 Å². The van der Waals surface area contributed by atoms with Gasteiger partial charge in [-0.1, -0.05) is 12.1 Å². The van der Waals surface area contributed by atoms with Gasteiger partial charge in [-0.15, -0.1) is 0 Å². The van der Waals surface area contributed by atoms with Crippen molar-refractivity contribution in [2.45, 2.75) is 24.8 Å². The molecule has 0 spiro atoms. The second-order valence-corrected chi connectivity index (χ2v) is 6.55. The van der Waals surface area contributed by atoms with E-state index >= 15 is 0 Å². The Morgan fingerprint density at radius 1 is 1.24 bits per heavy atom. The number of esters is 1. The van der Waals surface area contributed by atoms with Gasteiger partial charge in [-0.25, -0.2) is 13.2 Å². The Balaban J connectivity index is 3.31. The lowest BCUT2D eigenvalue weighted by molar-refractivity contribution is 0.0596. The van der Waals surface area contributed by atoms with Crippen LogP contribution in [0.4, 0.5) is 0 Å². The molecule has 0 saturated heterocycles. The van der Waals surface area contributed by atoms with Crippen LogP contribution in [0.2, 0.25) is 0 Å². The molecule has 0 aliphatic heterocycles. The van der Waals surface area contributed by atoms with Crippen molar-refractivity contribution in [1.29, 1.82) is 0 Å². The number of hydrogen-bond donors (Lipinski definition) is 0. The molecule has 1 rings (SSSR count). The molecular weight excluding hydrogens is 294 g/mol. The summed E-state index contributed by atoms with van der Waals surface area (Å²) in [6.07, 6.45) is 0. The molecule has 21 heavy (non-hydrogen) atoms. The third-order valence-electron chi connectivity index (χ3n) is 2.97. The maximum atomic E-state index is 12.8. The van der Waals surface area contributed by atoms with Crippen molar-refractivity contribution >= 4 is 16.0 Å². The molecule has 1 aromatic carbocycles. The molecule has 0 radical (unpaired) electrons. The number of carbonyl (C=O) groups is 1. The highest BCUT2D eigenvalue weighted by atomic mass is 32.2. The van der Waals surface area contributed by atoms with Gasteiger partial charge in [0.05, 0.1) is 24.2 Å². The molecule has 0 saturated carbocycles. The van der Waals surface area contributed by atoms with Crippen LogP contribution in [0.5, 0.6) is 0 Å². The first-order valence-corrected chi connectivity index (χ1v) is 7.98. The summed E-state index contributed by atoms with van der Waals surface area (Å²) in [6, 6.07) is 5.77. The first kappa shape index (κ1) is 17.6. The third kappa shape index (κ3) is 4.03. The average Bonchev–Trinajstić information content (AvgIpc) is 2.46. The molecule has 0 aliphatic carbocycles. The number of methoxy groups -OCH3 is 2. The molecule has 0 bridgehead atoms. The number of sulfonamides is 1. The van der Waals surface area contributed by atoms with Crippen LogP contribution >= 0.6 is 0 Å². The van der Waals surface area contributed by atoms with E-state index in [9.17, 15) is 13.2 Å². The topological polar surface area (TPSA) is 72.9 Å². The summed E-state index contributed by atoms with van der Waals surface area (Å²) < 4.78 is 36.5. The molecule has 0 aromatic heterocycles. The minimum Gasteiger partial charge on any atom is -0.465 e. The summed E-state index contributed by atoms with van der Waals surface area (Å²) >= 11 is 0. The quantitative estimate of drug-likeness (QED) is 0.713. The summed E-state index contributed by atoms with van der Waals surface area (Å²) in [5.74, 6) is -0.676. The molecule has 0 unspecified atom stereocenters. The standard InChI is InChI=1S/C14H21NO5S/c1-11(2)15(9-10-19-3)21(17,18)13-8-6-5-7-12(13)14(16)20-4/h5-8,11H,9-10H2,1-4H3. The van der Waals surface area contributed by atoms with E-state index in [2.05, 4.69) is 4.74 Å². The highest BCUT2D eigenvalue weighted by Crippen LogP contribution is 2.22. The highest BCUT2D eigenvalue weighted by Gasteiger charge is 2.30. The van der Waals surface area contributed by atoms with Crippen LogP contribution in [-0.2, 0) is 19.5 Å². The number of nitrogens with zero attached hydrogens (tertiary/aromatic N) is 1. The van der Waals surface area contributed by atoms with E-state index < -0.39 is 16.0 Å². The molecule has 7 heteroatoms. The van der Waals surface area contributed by atoms with E-state index in [1.807, 2.05) is 0 Å². The zero-order valence-corrected chi connectivity index (χ0v) is 13.5. The molecule has 0 heterocycles. The van der Waals surface area contributed by atoms with E-state index in [1.165, 1.54) is 30.7 Å². The fourth-order valence-corrected chi connectivity index (χ4v) is 3.74. The maximum absolute atomic E-state index is 12.8. The molecule has 0 amide bonds. The molecule has 0 N–H and O–H groups in total. The normalized spacial score (nSPS) is 11.9. The Labute approximate surface area is 125 Å². The molecule has 0 atom stereocenters. The molecule has 0 fully saturated rings. The van der Waals surface area contributed by atoms with Crippen LogP contribution in [0.15, 0.2) is 29.2 Å². The average molecular weight is 315 g/mol. The maximum Gasteiger partial charge on any atom is 0.339 e. The van der Waals surface area contributed by atoms with Gasteiger partial charge in [-0.05, 0) is 26.0 Å². The predicted molar refractivity (Wildman–Crippen MR) is 78.7 cm³/mol. The number of carbonyl (C=O) groups excluding carboxylic acids is 1. The summed E-state index contributed by atoms with van der Waals surface area (Å²) in [5, 5.41) is 0. The Hall–Kier alpha value is -1.44. The van der Waals surface area contributed by atoms with Crippen molar-refractivity contribution in [3.63, 3.8) is 0 Å². The molecule has 1 aromatic rings. The van der Waals surface area contributed by atoms with Crippen LogP contribution in [0.25, 0.3) is 0 Å². The minimum absolute atomic E-state index is 0.0306. The minimum atomic E-state index is -3.81. The lowest BCUT2D eigenvalue weighted by Gasteiger charge is -2.26. The number of rotatable bonds is 7. The Morgan fingerprint density at radius 2 is 1.86 bits per heavy atom. The third-order valence-corrected chi connectivity index (χ3v) is 5.10. The number of ether oxygens (including phenoxy) is 2. The van der Waals surface area contributed by atoms with Crippen molar-refractivity contribution in [1.82, 2.24) is 4.31 Å². The Bertz CT molecular complexity index is 583. The van der Waals surface area contributed by atoms with E-state index in [-0.39, 0.29) is 29.7 Å². The number of hydrogen-bond acceptors (Lipinski definition) is 5. The lowest BCUT2D eigenvalue weighted by atomic mass is 10.2. The van der Waals surface area contributed by atoms with Crippen molar-refractivity contribution in [3.05, 3.63) is 29.8 Å². The molecule has 118 valence electrons. The van der Waals surface area contributed by atoms with Gasteiger partial charge in [-0.3, -0.25) is 0 Å². The fourth-order valence-electron chi connectivity index (χ4n) is 1.93. The van der Waals surface area contributed by atoms with E-state index in [1.54, 1.807) is 26.0 Å². The molecule has 0 aliphatic rings. The summed E-state index contributed by atoms with van der Waals surface area (Å²) in [5.41, 5.74) is 0.0306. The van der Waals surface area contributed by atoms with Crippen LogP contribution in [-0.4, -0.2) is 52.1 Å². The van der Waals surface area contributed by atoms with Crippen molar-refractivity contribution in [2.24, 2.45) is 0 Å². The summed E-state index contributed by atoms with van der Waals surface area (Å²) in [6.45, 7) is 4.03. The largest absolute Gasteiger partial charge is 0.465 e. The SMILES string of the molecule is COCCN(C(C)C)S(=O)(=O)c1ccccc1C(=O)OC. The zero-order chi connectivity index (χ0) is 16.0. The van der Waals surface area contributed by atoms with Crippen LogP contribution in [0, 0.1) is 0 Å². The van der Waals surface area contributed by atoms with Crippen molar-refractivity contribution < 1.29 is 22.7 Å². The van der Waals surface area contributed by atoms with Gasteiger partial charge in [0.1, 0.15) is 0 Å². The summed E-state index contributed by atoms with van der Waals surface area (Å²) in [7, 11) is -1.08. The van der Waals surface area contributed by atoms with Gasteiger partial charge >= 0.3 is 5.97 Å². The summed E-state index contributed by atoms with van der Waals surface area (Å²) in [4.78, 5) is 11.7. The lowest BCUT2D eigenvalue weighted by Crippen LogP contribution is -2.39. The smallest absolute Gasteiger partial charge is 0.339 e. The van der Waals surface area contributed by atoms with E-state index in [4.69, 9.17) is 4.74 Å². The Kier molecular flexibility index (Phi) is 6.32. The highest BCUT2D eigenvalue weighted by molar-refractivity contribution is 7.89. The number of benzene rings is 1. The monoisotopic (exact) mass is 315 g/mol. The predicted octanol–water partition coefficient (Wildman–Crippen LogP) is 1.52. The van der Waals surface area contributed by atoms with Gasteiger partial charge in [0.15, 0.2) is 0 Å². The molecular formula is C14H21NO5S. The second kappa shape index (κ2) is 7.53. The van der Waals surface area contributed by atoms with Gasteiger partial charge in [0.2, 0.25) is 10.0 Å². The fraction of sp³-hybridized carbons (Fsp3) is 0.500. The van der Waals surface area contributed by atoms with Gasteiger partial charge < -0.3 is 9.47 Å². The van der Waals surface area contributed by atoms with Gasteiger partial charge in [0, 0.05) is 19.7 Å². The van der Waals surface area contributed by atoms with Crippen molar-refractivity contribution in [2.75, 3.05) is 27.4 Å². The van der Waals surface area contributed by atoms with Crippen LogP contribution < -0.4 is 0 Å². The van der Waals surface area contributed by atoms with Crippen LogP contribution in [0.1, 0.15) is 24.2 Å². The first-order chi connectivity index (χ1) is 9.86. The second-order valence-electron chi connectivity index (χ2n) is 4.69. The van der Waals surface area contributed by atoms with E-state index in [0.29, 0.717) is 0 Å². The van der Waals surface area contributed by atoms with Gasteiger partial charge in [-0.2, -0.15) is 4.31 Å². The molecule has 6 nitrogen and oxygen atoms in total.